The molecule has 20 heavy (non-hydrogen) atoms. The molecule has 1 aliphatic rings. The summed E-state index contributed by atoms with van der Waals surface area (Å²) in [6.45, 7) is 0.955. The standard InChI is InChI=1S/C16H21N3O/c1-19-11-12(10-18-19)7-8-17-16-4-2-3-13-9-14(20)5-6-15(13)16/h5-6,9-11,16-17,20H,2-4,7-8H2,1H3. The average Bonchev–Trinajstić information content (AvgIpc) is 2.84. The molecule has 0 spiro atoms. The summed E-state index contributed by atoms with van der Waals surface area (Å²) in [7, 11) is 1.95. The fourth-order valence-electron chi connectivity index (χ4n) is 3.00. The Hall–Kier alpha value is -1.81. The summed E-state index contributed by atoms with van der Waals surface area (Å²) < 4.78 is 1.84. The minimum Gasteiger partial charge on any atom is -0.508 e. The van der Waals surface area contributed by atoms with Crippen LogP contribution >= 0.6 is 0 Å². The zero-order valence-corrected chi connectivity index (χ0v) is 11.8. The SMILES string of the molecule is Cn1cc(CCNC2CCCc3cc(O)ccc32)cn1. The van der Waals surface area contributed by atoms with Crippen molar-refractivity contribution in [3.8, 4) is 5.75 Å². The lowest BCUT2D eigenvalue weighted by atomic mass is 9.87. The van der Waals surface area contributed by atoms with E-state index in [0.29, 0.717) is 11.8 Å². The minimum atomic E-state index is 0.375. The number of phenolic OH excluding ortho intramolecular Hbond substituents is 1. The first-order valence-electron chi connectivity index (χ1n) is 7.25. The molecule has 0 aliphatic heterocycles. The Morgan fingerprint density at radius 3 is 3.15 bits per heavy atom. The van der Waals surface area contributed by atoms with Crippen LogP contribution in [0.15, 0.2) is 30.6 Å². The summed E-state index contributed by atoms with van der Waals surface area (Å²) in [5.74, 6) is 0.375. The van der Waals surface area contributed by atoms with Crippen molar-refractivity contribution in [3.05, 3.63) is 47.3 Å². The number of hydrogen-bond acceptors (Lipinski definition) is 3. The fraction of sp³-hybridized carbons (Fsp3) is 0.438. The van der Waals surface area contributed by atoms with E-state index < -0.39 is 0 Å². The number of aromatic nitrogens is 2. The van der Waals surface area contributed by atoms with Crippen molar-refractivity contribution >= 4 is 0 Å². The van der Waals surface area contributed by atoms with Crippen LogP contribution in [-0.2, 0) is 19.9 Å². The van der Waals surface area contributed by atoms with Crippen molar-refractivity contribution in [2.24, 2.45) is 7.05 Å². The lowest BCUT2D eigenvalue weighted by Crippen LogP contribution is -2.27. The van der Waals surface area contributed by atoms with E-state index >= 15 is 0 Å². The molecule has 2 aromatic rings. The Morgan fingerprint density at radius 2 is 2.35 bits per heavy atom. The van der Waals surface area contributed by atoms with Crippen molar-refractivity contribution < 1.29 is 5.11 Å². The van der Waals surface area contributed by atoms with Gasteiger partial charge in [-0.25, -0.2) is 0 Å². The van der Waals surface area contributed by atoms with Gasteiger partial charge in [0, 0.05) is 19.3 Å². The number of rotatable bonds is 4. The maximum Gasteiger partial charge on any atom is 0.115 e. The van der Waals surface area contributed by atoms with Crippen LogP contribution in [0.4, 0.5) is 0 Å². The maximum atomic E-state index is 9.57. The Kier molecular flexibility index (Phi) is 3.74. The van der Waals surface area contributed by atoms with E-state index in [9.17, 15) is 5.11 Å². The summed E-state index contributed by atoms with van der Waals surface area (Å²) in [6, 6.07) is 6.17. The van der Waals surface area contributed by atoms with Crippen molar-refractivity contribution in [2.45, 2.75) is 31.7 Å². The number of hydrogen-bond donors (Lipinski definition) is 2. The molecule has 1 aromatic heterocycles. The van der Waals surface area contributed by atoms with Gasteiger partial charge in [-0.1, -0.05) is 6.07 Å². The molecule has 1 unspecified atom stereocenters. The normalized spacial score (nSPS) is 17.9. The van der Waals surface area contributed by atoms with Gasteiger partial charge in [0.1, 0.15) is 5.75 Å². The Labute approximate surface area is 119 Å². The van der Waals surface area contributed by atoms with Gasteiger partial charge in [0.05, 0.1) is 6.20 Å². The van der Waals surface area contributed by atoms with Gasteiger partial charge in [-0.2, -0.15) is 5.10 Å². The van der Waals surface area contributed by atoms with Crippen molar-refractivity contribution in [1.82, 2.24) is 15.1 Å². The smallest absolute Gasteiger partial charge is 0.115 e. The van der Waals surface area contributed by atoms with E-state index in [4.69, 9.17) is 0 Å². The summed E-state index contributed by atoms with van der Waals surface area (Å²) in [5.41, 5.74) is 3.90. The van der Waals surface area contributed by atoms with Gasteiger partial charge >= 0.3 is 0 Å². The summed E-state index contributed by atoms with van der Waals surface area (Å²) in [5, 5.41) is 17.4. The highest BCUT2D eigenvalue weighted by atomic mass is 16.3. The molecule has 1 aromatic carbocycles. The molecule has 0 amide bonds. The minimum absolute atomic E-state index is 0.375. The van der Waals surface area contributed by atoms with E-state index in [1.807, 2.05) is 24.0 Å². The van der Waals surface area contributed by atoms with Crippen LogP contribution in [0.25, 0.3) is 0 Å². The first-order chi connectivity index (χ1) is 9.72. The topological polar surface area (TPSA) is 50.1 Å². The largest absolute Gasteiger partial charge is 0.508 e. The van der Waals surface area contributed by atoms with Crippen LogP contribution in [0.5, 0.6) is 5.75 Å². The Bertz CT molecular complexity index is 591. The molecule has 4 heteroatoms. The van der Waals surface area contributed by atoms with Gasteiger partial charge in [-0.3, -0.25) is 4.68 Å². The molecule has 1 heterocycles. The van der Waals surface area contributed by atoms with Crippen molar-refractivity contribution in [2.75, 3.05) is 6.54 Å². The van der Waals surface area contributed by atoms with Gasteiger partial charge in [0.25, 0.3) is 0 Å². The van der Waals surface area contributed by atoms with Crippen LogP contribution in [0.2, 0.25) is 0 Å². The monoisotopic (exact) mass is 271 g/mol. The van der Waals surface area contributed by atoms with Crippen LogP contribution in [0.1, 0.15) is 35.6 Å². The number of nitrogens with one attached hydrogen (secondary N) is 1. The number of fused-ring (bicyclic) bond motifs is 1. The first kappa shape index (κ1) is 13.2. The predicted octanol–water partition coefficient (Wildman–Crippen LogP) is 2.34. The quantitative estimate of drug-likeness (QED) is 0.897. The second-order valence-corrected chi connectivity index (χ2v) is 5.55. The van der Waals surface area contributed by atoms with Gasteiger partial charge in [-0.05, 0) is 61.1 Å². The molecule has 0 saturated heterocycles. The molecule has 1 aliphatic carbocycles. The molecule has 0 bridgehead atoms. The van der Waals surface area contributed by atoms with E-state index in [0.717, 1.165) is 19.4 Å². The van der Waals surface area contributed by atoms with Crippen LogP contribution in [0, 0.1) is 0 Å². The zero-order chi connectivity index (χ0) is 13.9. The number of aryl methyl sites for hydroxylation is 2. The zero-order valence-electron chi connectivity index (χ0n) is 11.8. The summed E-state index contributed by atoms with van der Waals surface area (Å²) in [6.07, 6.45) is 8.41. The third-order valence-electron chi connectivity index (χ3n) is 4.00. The first-order valence-corrected chi connectivity index (χ1v) is 7.25. The molecule has 0 radical (unpaired) electrons. The highest BCUT2D eigenvalue weighted by Gasteiger charge is 2.19. The molecule has 0 fully saturated rings. The second kappa shape index (κ2) is 5.67. The Balaban J connectivity index is 1.61. The van der Waals surface area contributed by atoms with Gasteiger partial charge in [0.15, 0.2) is 0 Å². The number of aromatic hydroxyl groups is 1. The molecular formula is C16H21N3O. The van der Waals surface area contributed by atoms with E-state index in [1.165, 1.54) is 29.5 Å². The summed E-state index contributed by atoms with van der Waals surface area (Å²) >= 11 is 0. The van der Waals surface area contributed by atoms with E-state index in [2.05, 4.69) is 22.7 Å². The molecule has 1 atom stereocenters. The highest BCUT2D eigenvalue weighted by molar-refractivity contribution is 5.38. The van der Waals surface area contributed by atoms with Crippen LogP contribution in [0.3, 0.4) is 0 Å². The average molecular weight is 271 g/mol. The van der Waals surface area contributed by atoms with Gasteiger partial charge in [0.2, 0.25) is 0 Å². The molecule has 2 N–H and O–H groups in total. The third-order valence-corrected chi connectivity index (χ3v) is 4.00. The van der Waals surface area contributed by atoms with Crippen LogP contribution in [-0.4, -0.2) is 21.4 Å². The predicted molar refractivity (Wildman–Crippen MR) is 78.7 cm³/mol. The molecule has 106 valence electrons. The number of benzene rings is 1. The molecular weight excluding hydrogens is 250 g/mol. The molecule has 4 nitrogen and oxygen atoms in total. The number of nitrogens with zero attached hydrogens (tertiary/aromatic N) is 2. The molecule has 0 saturated carbocycles. The van der Waals surface area contributed by atoms with E-state index in [1.54, 1.807) is 6.07 Å². The summed E-state index contributed by atoms with van der Waals surface area (Å²) in [4.78, 5) is 0. The number of phenols is 1. The Morgan fingerprint density at radius 1 is 1.45 bits per heavy atom. The fourth-order valence-corrected chi connectivity index (χ4v) is 3.00. The lowest BCUT2D eigenvalue weighted by Gasteiger charge is -2.26. The highest BCUT2D eigenvalue weighted by Crippen LogP contribution is 2.31. The van der Waals surface area contributed by atoms with E-state index in [-0.39, 0.29) is 0 Å². The van der Waals surface area contributed by atoms with Gasteiger partial charge < -0.3 is 10.4 Å². The van der Waals surface area contributed by atoms with Crippen molar-refractivity contribution in [3.63, 3.8) is 0 Å². The van der Waals surface area contributed by atoms with Gasteiger partial charge in [-0.15, -0.1) is 0 Å². The van der Waals surface area contributed by atoms with Crippen LogP contribution < -0.4 is 5.32 Å². The second-order valence-electron chi connectivity index (χ2n) is 5.55. The lowest BCUT2D eigenvalue weighted by molar-refractivity contribution is 0.452. The molecule has 3 rings (SSSR count). The maximum absolute atomic E-state index is 9.57. The third kappa shape index (κ3) is 2.85. The van der Waals surface area contributed by atoms with Crippen molar-refractivity contribution in [1.29, 1.82) is 0 Å².